The van der Waals surface area contributed by atoms with Gasteiger partial charge in [0.05, 0.1) is 0 Å². The zero-order valence-electron chi connectivity index (χ0n) is 16.1. The first-order chi connectivity index (χ1) is 13.7. The van der Waals surface area contributed by atoms with Crippen LogP contribution in [0.3, 0.4) is 0 Å². The van der Waals surface area contributed by atoms with Crippen LogP contribution in [0.5, 0.6) is 0 Å². The highest BCUT2D eigenvalue weighted by molar-refractivity contribution is 7.13. The van der Waals surface area contributed by atoms with E-state index in [0.29, 0.717) is 5.01 Å². The number of aromatic nitrogens is 1. The molecule has 1 saturated heterocycles. The van der Waals surface area contributed by atoms with E-state index in [1.54, 1.807) is 0 Å². The number of benzene rings is 2. The van der Waals surface area contributed by atoms with Crippen LogP contribution >= 0.6 is 11.3 Å². The number of nitrogens with zero attached hydrogens (tertiary/aromatic N) is 2. The predicted molar refractivity (Wildman–Crippen MR) is 116 cm³/mol. The topological polar surface area (TPSA) is 45.2 Å². The number of thiazole rings is 1. The molecule has 5 heteroatoms. The van der Waals surface area contributed by atoms with Crippen LogP contribution in [-0.2, 0) is 6.54 Å². The van der Waals surface area contributed by atoms with E-state index in [1.807, 2.05) is 43.5 Å². The Morgan fingerprint density at radius 2 is 1.86 bits per heavy atom. The van der Waals surface area contributed by atoms with Crippen molar-refractivity contribution in [2.45, 2.75) is 32.7 Å². The molecule has 0 unspecified atom stereocenters. The molecule has 1 aliphatic heterocycles. The van der Waals surface area contributed by atoms with Gasteiger partial charge < -0.3 is 5.32 Å². The van der Waals surface area contributed by atoms with Crippen LogP contribution in [0, 0.1) is 6.92 Å². The molecule has 4 nitrogen and oxygen atoms in total. The highest BCUT2D eigenvalue weighted by Gasteiger charge is 2.16. The van der Waals surface area contributed by atoms with Crippen molar-refractivity contribution >= 4 is 22.9 Å². The Hall–Kier alpha value is -2.50. The number of nitrogens with one attached hydrogen (secondary N) is 1. The minimum absolute atomic E-state index is 0.136. The van der Waals surface area contributed by atoms with Gasteiger partial charge in [-0.05, 0) is 55.6 Å². The summed E-state index contributed by atoms with van der Waals surface area (Å²) in [5.74, 6) is -0.136. The number of carbonyl (C=O) groups excluding carboxylic acids is 1. The lowest BCUT2D eigenvalue weighted by molar-refractivity contribution is 0.102. The first-order valence-electron chi connectivity index (χ1n) is 9.84. The summed E-state index contributed by atoms with van der Waals surface area (Å²) in [4.78, 5) is 20.7. The van der Waals surface area contributed by atoms with Gasteiger partial charge in [-0.2, -0.15) is 0 Å². The van der Waals surface area contributed by atoms with Crippen molar-refractivity contribution in [3.63, 3.8) is 0 Å². The zero-order chi connectivity index (χ0) is 19.3. The highest BCUT2D eigenvalue weighted by atomic mass is 32.1. The molecule has 144 valence electrons. The molecule has 3 aromatic rings. The fourth-order valence-corrected chi connectivity index (χ4v) is 4.55. The number of amides is 1. The molecule has 4 rings (SSSR count). The Morgan fingerprint density at radius 3 is 2.64 bits per heavy atom. The Morgan fingerprint density at radius 1 is 1.07 bits per heavy atom. The number of hydrogen-bond donors (Lipinski definition) is 1. The van der Waals surface area contributed by atoms with E-state index >= 15 is 0 Å². The molecular weight excluding hydrogens is 366 g/mol. The molecule has 1 fully saturated rings. The second-order valence-electron chi connectivity index (χ2n) is 7.27. The molecule has 0 bridgehead atoms. The number of anilines is 1. The van der Waals surface area contributed by atoms with E-state index in [-0.39, 0.29) is 5.91 Å². The van der Waals surface area contributed by atoms with E-state index in [9.17, 15) is 4.79 Å². The van der Waals surface area contributed by atoms with Gasteiger partial charge in [0.1, 0.15) is 0 Å². The van der Waals surface area contributed by atoms with Gasteiger partial charge in [-0.3, -0.25) is 9.69 Å². The van der Waals surface area contributed by atoms with Gasteiger partial charge in [0.2, 0.25) is 0 Å². The first-order valence-corrected chi connectivity index (χ1v) is 10.7. The van der Waals surface area contributed by atoms with Crippen LogP contribution < -0.4 is 5.32 Å². The summed E-state index contributed by atoms with van der Waals surface area (Å²) < 4.78 is 0. The standard InChI is InChI=1S/C23H25N3OS/c1-17-20(18-9-4-2-5-10-18)11-8-12-21(17)25-22(27)23-24-15-19(28-23)16-26-13-6-3-7-14-26/h2,4-5,8-12,15H,3,6-7,13-14,16H2,1H3,(H,25,27). The Kier molecular flexibility index (Phi) is 5.84. The molecule has 2 aromatic carbocycles. The van der Waals surface area contributed by atoms with Crippen LogP contribution in [0.15, 0.2) is 54.7 Å². The number of carbonyl (C=O) groups is 1. The minimum Gasteiger partial charge on any atom is -0.320 e. The quantitative estimate of drug-likeness (QED) is 0.637. The third kappa shape index (κ3) is 4.32. The molecule has 0 aliphatic carbocycles. The molecule has 0 atom stereocenters. The molecule has 0 spiro atoms. The largest absolute Gasteiger partial charge is 0.320 e. The highest BCUT2D eigenvalue weighted by Crippen LogP contribution is 2.29. The Labute approximate surface area is 170 Å². The minimum atomic E-state index is -0.136. The average molecular weight is 392 g/mol. The summed E-state index contributed by atoms with van der Waals surface area (Å²) >= 11 is 1.50. The SMILES string of the molecule is Cc1c(NC(=O)c2ncc(CN3CCCCC3)s2)cccc1-c1ccccc1. The van der Waals surface area contributed by atoms with E-state index < -0.39 is 0 Å². The molecule has 1 aliphatic rings. The maximum absolute atomic E-state index is 12.7. The van der Waals surface area contributed by atoms with Crippen LogP contribution in [0.2, 0.25) is 0 Å². The number of hydrogen-bond acceptors (Lipinski definition) is 4. The van der Waals surface area contributed by atoms with Crippen LogP contribution in [-0.4, -0.2) is 28.9 Å². The number of likely N-dealkylation sites (tertiary alicyclic amines) is 1. The first kappa shape index (κ1) is 18.8. The lowest BCUT2D eigenvalue weighted by Crippen LogP contribution is -2.28. The van der Waals surface area contributed by atoms with Crippen molar-refractivity contribution in [1.82, 2.24) is 9.88 Å². The molecule has 0 radical (unpaired) electrons. The van der Waals surface area contributed by atoms with E-state index in [4.69, 9.17) is 0 Å². The van der Waals surface area contributed by atoms with Gasteiger partial charge in [-0.1, -0.05) is 48.9 Å². The van der Waals surface area contributed by atoms with Crippen LogP contribution in [0.4, 0.5) is 5.69 Å². The van der Waals surface area contributed by atoms with Gasteiger partial charge >= 0.3 is 0 Å². The maximum Gasteiger partial charge on any atom is 0.284 e. The summed E-state index contributed by atoms with van der Waals surface area (Å²) in [5.41, 5.74) is 4.17. The summed E-state index contributed by atoms with van der Waals surface area (Å²) in [5, 5.41) is 3.57. The molecule has 2 heterocycles. The lowest BCUT2D eigenvalue weighted by atomic mass is 9.99. The number of piperidine rings is 1. The average Bonchev–Trinajstić information content (AvgIpc) is 3.19. The van der Waals surface area contributed by atoms with Crippen molar-refractivity contribution in [3.8, 4) is 11.1 Å². The zero-order valence-corrected chi connectivity index (χ0v) is 17.0. The summed E-state index contributed by atoms with van der Waals surface area (Å²) in [6, 6.07) is 16.2. The van der Waals surface area contributed by atoms with Crippen molar-refractivity contribution in [2.75, 3.05) is 18.4 Å². The van der Waals surface area contributed by atoms with Crippen molar-refractivity contribution in [1.29, 1.82) is 0 Å². The van der Waals surface area contributed by atoms with E-state index in [1.165, 1.54) is 30.6 Å². The second-order valence-corrected chi connectivity index (χ2v) is 8.38. The fourth-order valence-electron chi connectivity index (χ4n) is 3.70. The maximum atomic E-state index is 12.7. The van der Waals surface area contributed by atoms with Crippen molar-refractivity contribution in [2.24, 2.45) is 0 Å². The smallest absolute Gasteiger partial charge is 0.284 e. The predicted octanol–water partition coefficient (Wildman–Crippen LogP) is 5.36. The second kappa shape index (κ2) is 8.67. The lowest BCUT2D eigenvalue weighted by Gasteiger charge is -2.25. The summed E-state index contributed by atoms with van der Waals surface area (Å²) in [6.07, 6.45) is 5.71. The van der Waals surface area contributed by atoms with Gasteiger partial charge in [-0.25, -0.2) is 4.98 Å². The molecule has 1 N–H and O–H groups in total. The van der Waals surface area contributed by atoms with Crippen molar-refractivity contribution < 1.29 is 4.79 Å². The molecular formula is C23H25N3OS. The number of rotatable bonds is 5. The normalized spacial score (nSPS) is 14.8. The van der Waals surface area contributed by atoms with Gasteiger partial charge in [0.15, 0.2) is 5.01 Å². The molecule has 1 aromatic heterocycles. The van der Waals surface area contributed by atoms with Gasteiger partial charge in [-0.15, -0.1) is 11.3 Å². The third-order valence-electron chi connectivity index (χ3n) is 5.24. The molecule has 1 amide bonds. The Balaban J connectivity index is 1.47. The van der Waals surface area contributed by atoms with Gasteiger partial charge in [0, 0.05) is 23.3 Å². The summed E-state index contributed by atoms with van der Waals surface area (Å²) in [6.45, 7) is 5.23. The third-order valence-corrected chi connectivity index (χ3v) is 6.22. The Bertz CT molecular complexity index is 945. The van der Waals surface area contributed by atoms with Crippen LogP contribution in [0.1, 0.15) is 39.5 Å². The van der Waals surface area contributed by atoms with E-state index in [2.05, 4.69) is 33.4 Å². The van der Waals surface area contributed by atoms with E-state index in [0.717, 1.165) is 46.9 Å². The monoisotopic (exact) mass is 391 g/mol. The fraction of sp³-hybridized carbons (Fsp3) is 0.304. The van der Waals surface area contributed by atoms with Crippen molar-refractivity contribution in [3.05, 3.63) is 70.2 Å². The molecule has 0 saturated carbocycles. The van der Waals surface area contributed by atoms with Crippen LogP contribution in [0.25, 0.3) is 11.1 Å². The molecule has 28 heavy (non-hydrogen) atoms. The van der Waals surface area contributed by atoms with Gasteiger partial charge in [0.25, 0.3) is 5.91 Å². The summed E-state index contributed by atoms with van der Waals surface area (Å²) in [7, 11) is 0.